The molecule has 0 aromatic heterocycles. The van der Waals surface area contributed by atoms with Crippen molar-refractivity contribution < 1.29 is 0 Å². The predicted octanol–water partition coefficient (Wildman–Crippen LogP) is 6.27. The molecule has 0 heterocycles. The molecule has 28 heavy (non-hydrogen) atoms. The summed E-state index contributed by atoms with van der Waals surface area (Å²) in [6.45, 7) is 8.19. The summed E-state index contributed by atoms with van der Waals surface area (Å²) in [5.74, 6) is 0. The van der Waals surface area contributed by atoms with Crippen molar-refractivity contribution in [3.63, 3.8) is 0 Å². The zero-order chi connectivity index (χ0) is 18.8. The Labute approximate surface area is 162 Å². The Morgan fingerprint density at radius 1 is 0.321 bits per heavy atom. The van der Waals surface area contributed by atoms with Crippen LogP contribution < -0.4 is 10.4 Å². The van der Waals surface area contributed by atoms with E-state index in [1.54, 1.807) is 0 Å². The van der Waals surface area contributed by atoms with Crippen LogP contribution in [0.2, 0.25) is 0 Å². The minimum absolute atomic E-state index is 0.991. The first-order valence-electron chi connectivity index (χ1n) is 9.56. The first-order chi connectivity index (χ1) is 13.6. The van der Waals surface area contributed by atoms with E-state index in [0.29, 0.717) is 0 Å². The minimum atomic E-state index is 0.991. The van der Waals surface area contributed by atoms with Crippen molar-refractivity contribution in [2.75, 3.05) is 0 Å². The molecule has 0 heteroatoms. The van der Waals surface area contributed by atoms with Gasteiger partial charge in [0.2, 0.25) is 0 Å². The first kappa shape index (κ1) is 15.4. The highest BCUT2D eigenvalue weighted by Crippen LogP contribution is 2.31. The lowest BCUT2D eigenvalue weighted by molar-refractivity contribution is 1.61. The fraction of sp³-hybridized carbons (Fsp3) is 0. The van der Waals surface area contributed by atoms with Crippen LogP contribution in [0, 0.1) is 0 Å². The molecule has 0 saturated heterocycles. The van der Waals surface area contributed by atoms with Gasteiger partial charge in [-0.2, -0.15) is 0 Å². The molecule has 6 rings (SSSR count). The molecule has 0 spiro atoms. The molecule has 0 fully saturated rings. The van der Waals surface area contributed by atoms with Crippen molar-refractivity contribution in [3.8, 4) is 0 Å². The maximum Gasteiger partial charge on any atom is -0.0171 e. The van der Waals surface area contributed by atoms with Crippen LogP contribution in [0.1, 0.15) is 0 Å². The van der Waals surface area contributed by atoms with Gasteiger partial charge in [-0.1, -0.05) is 37.4 Å². The average Bonchev–Trinajstić information content (AvgIpc) is 2.69. The summed E-state index contributed by atoms with van der Waals surface area (Å²) in [6, 6.07) is 31.2. The molecule has 6 aromatic carbocycles. The van der Waals surface area contributed by atoms with E-state index in [2.05, 4.69) is 98.1 Å². The SMILES string of the molecule is C=c1cc2cc3cc4cc5cc6ccccc6cc5cc4cc3cc2cc1=C. The van der Waals surface area contributed by atoms with Gasteiger partial charge < -0.3 is 0 Å². The van der Waals surface area contributed by atoms with E-state index >= 15 is 0 Å². The number of hydrogen-bond donors (Lipinski definition) is 0. The Kier molecular flexibility index (Phi) is 2.99. The second kappa shape index (κ2) is 5.43. The molecule has 0 atom stereocenters. The number of fused-ring (bicyclic) bond motifs is 5. The van der Waals surface area contributed by atoms with Gasteiger partial charge in [0.15, 0.2) is 0 Å². The average molecular weight is 354 g/mol. The van der Waals surface area contributed by atoms with Crippen molar-refractivity contribution in [3.05, 3.63) is 95.4 Å². The van der Waals surface area contributed by atoms with Crippen LogP contribution in [-0.2, 0) is 0 Å². The normalized spacial score (nSPS) is 11.9. The van der Waals surface area contributed by atoms with Crippen molar-refractivity contribution in [1.82, 2.24) is 0 Å². The summed E-state index contributed by atoms with van der Waals surface area (Å²) >= 11 is 0. The van der Waals surface area contributed by atoms with E-state index in [-0.39, 0.29) is 0 Å². The van der Waals surface area contributed by atoms with Gasteiger partial charge in [-0.05, 0) is 125 Å². The van der Waals surface area contributed by atoms with E-state index in [4.69, 9.17) is 0 Å². The molecule has 0 aliphatic rings. The lowest BCUT2D eigenvalue weighted by atomic mass is 9.96. The molecule has 0 nitrogen and oxygen atoms in total. The van der Waals surface area contributed by atoms with Crippen molar-refractivity contribution in [2.45, 2.75) is 0 Å². The third kappa shape index (κ3) is 2.25. The molecule has 0 saturated carbocycles. The van der Waals surface area contributed by atoms with E-state index in [1.807, 2.05) is 0 Å². The Hall–Kier alpha value is -3.64. The van der Waals surface area contributed by atoms with Crippen LogP contribution in [0.3, 0.4) is 0 Å². The largest absolute Gasteiger partial charge is 0.0912 e. The molecular formula is C28H18. The third-order valence-electron chi connectivity index (χ3n) is 5.89. The second-order valence-corrected chi connectivity index (χ2v) is 7.77. The zero-order valence-corrected chi connectivity index (χ0v) is 15.5. The van der Waals surface area contributed by atoms with E-state index in [1.165, 1.54) is 53.9 Å². The molecule has 0 bridgehead atoms. The molecule has 0 radical (unpaired) electrons. The first-order valence-corrected chi connectivity index (χ1v) is 9.56. The quantitative estimate of drug-likeness (QED) is 0.282. The van der Waals surface area contributed by atoms with E-state index < -0.39 is 0 Å². The Morgan fingerprint density at radius 2 is 0.571 bits per heavy atom. The molecule has 130 valence electrons. The third-order valence-corrected chi connectivity index (χ3v) is 5.89. The van der Waals surface area contributed by atoms with Gasteiger partial charge in [-0.15, -0.1) is 0 Å². The number of benzene rings is 6. The fourth-order valence-electron chi connectivity index (χ4n) is 4.34. The lowest BCUT2D eigenvalue weighted by Crippen LogP contribution is -2.20. The van der Waals surface area contributed by atoms with Gasteiger partial charge in [-0.3, -0.25) is 0 Å². The Bertz CT molecular complexity index is 1560. The van der Waals surface area contributed by atoms with Crippen LogP contribution in [0.4, 0.5) is 0 Å². The van der Waals surface area contributed by atoms with Gasteiger partial charge in [0, 0.05) is 0 Å². The predicted molar refractivity (Wildman–Crippen MR) is 124 cm³/mol. The van der Waals surface area contributed by atoms with Crippen LogP contribution >= 0.6 is 0 Å². The van der Waals surface area contributed by atoms with Crippen LogP contribution in [0.5, 0.6) is 0 Å². The highest BCUT2D eigenvalue weighted by molar-refractivity contribution is 6.10. The Morgan fingerprint density at radius 3 is 0.893 bits per heavy atom. The molecular weight excluding hydrogens is 336 g/mol. The van der Waals surface area contributed by atoms with Crippen LogP contribution in [0.15, 0.2) is 84.9 Å². The maximum absolute atomic E-state index is 4.10. The summed E-state index contributed by atoms with van der Waals surface area (Å²) in [5.41, 5.74) is 0. The van der Waals surface area contributed by atoms with Gasteiger partial charge in [0.25, 0.3) is 0 Å². The summed E-state index contributed by atoms with van der Waals surface area (Å²) in [6.07, 6.45) is 0. The monoisotopic (exact) mass is 354 g/mol. The summed E-state index contributed by atoms with van der Waals surface area (Å²) in [5, 5.41) is 14.6. The summed E-state index contributed by atoms with van der Waals surface area (Å²) < 4.78 is 0. The summed E-state index contributed by atoms with van der Waals surface area (Å²) in [4.78, 5) is 0. The van der Waals surface area contributed by atoms with Crippen molar-refractivity contribution in [2.24, 2.45) is 0 Å². The highest BCUT2D eigenvalue weighted by atomic mass is 14.1. The van der Waals surface area contributed by atoms with E-state index in [0.717, 1.165) is 10.4 Å². The smallest absolute Gasteiger partial charge is 0.0171 e. The fourth-order valence-corrected chi connectivity index (χ4v) is 4.34. The minimum Gasteiger partial charge on any atom is -0.0912 e. The Balaban J connectivity index is 1.71. The zero-order valence-electron chi connectivity index (χ0n) is 15.5. The molecule has 0 N–H and O–H groups in total. The van der Waals surface area contributed by atoms with Crippen molar-refractivity contribution >= 4 is 67.0 Å². The van der Waals surface area contributed by atoms with Gasteiger partial charge in [0.1, 0.15) is 0 Å². The van der Waals surface area contributed by atoms with Crippen LogP contribution in [0.25, 0.3) is 67.0 Å². The second-order valence-electron chi connectivity index (χ2n) is 7.77. The molecule has 0 unspecified atom stereocenters. The van der Waals surface area contributed by atoms with Gasteiger partial charge >= 0.3 is 0 Å². The highest BCUT2D eigenvalue weighted by Gasteiger charge is 2.05. The maximum atomic E-state index is 4.10. The van der Waals surface area contributed by atoms with Gasteiger partial charge in [0.05, 0.1) is 0 Å². The number of hydrogen-bond acceptors (Lipinski definition) is 0. The number of rotatable bonds is 0. The van der Waals surface area contributed by atoms with Crippen molar-refractivity contribution in [1.29, 1.82) is 0 Å². The topological polar surface area (TPSA) is 0 Å². The van der Waals surface area contributed by atoms with Crippen LogP contribution in [-0.4, -0.2) is 0 Å². The molecule has 0 aliphatic carbocycles. The van der Waals surface area contributed by atoms with E-state index in [9.17, 15) is 0 Å². The van der Waals surface area contributed by atoms with Gasteiger partial charge in [-0.25, -0.2) is 0 Å². The molecule has 0 aliphatic heterocycles. The molecule has 6 aromatic rings. The molecule has 0 amide bonds. The summed E-state index contributed by atoms with van der Waals surface area (Å²) in [7, 11) is 0. The standard InChI is InChI=1S/C28H18/c1-17-7-21-11-25-15-27-13-23-9-19-5-3-4-6-20(19)10-24(23)14-28(27)16-26(25)12-22(21)8-18(17)2/h3-16H,1-2H2. The lowest BCUT2D eigenvalue weighted by Gasteiger charge is -2.08.